The van der Waals surface area contributed by atoms with Crippen molar-refractivity contribution in [3.05, 3.63) is 89.9 Å². The van der Waals surface area contributed by atoms with E-state index in [1.807, 2.05) is 66.9 Å². The van der Waals surface area contributed by atoms with Crippen LogP contribution >= 0.6 is 0 Å². The van der Waals surface area contributed by atoms with Crippen LogP contribution in [-0.2, 0) is 16.1 Å². The van der Waals surface area contributed by atoms with Gasteiger partial charge in [0.1, 0.15) is 0 Å². The maximum Gasteiger partial charge on any atom is 0.223 e. The van der Waals surface area contributed by atoms with Gasteiger partial charge in [0.2, 0.25) is 11.8 Å². The molecule has 0 bridgehead atoms. The second kappa shape index (κ2) is 8.14. The van der Waals surface area contributed by atoms with Crippen LogP contribution in [0.3, 0.4) is 0 Å². The van der Waals surface area contributed by atoms with Gasteiger partial charge < -0.3 is 10.2 Å². The molecule has 0 radical (unpaired) electrons. The summed E-state index contributed by atoms with van der Waals surface area (Å²) in [6.45, 7) is 1.90. The summed E-state index contributed by atoms with van der Waals surface area (Å²) in [5.41, 5.74) is 3.89. The number of carbonyl (C=O) groups excluding carboxylic acids is 2. The number of para-hydroxylation sites is 1. The zero-order chi connectivity index (χ0) is 20.2. The van der Waals surface area contributed by atoms with Crippen molar-refractivity contribution in [3.63, 3.8) is 0 Å². The lowest BCUT2D eigenvalue weighted by atomic mass is 9.93. The van der Waals surface area contributed by atoms with Gasteiger partial charge in [-0.15, -0.1) is 0 Å². The summed E-state index contributed by atoms with van der Waals surface area (Å²) in [4.78, 5) is 26.3. The highest BCUT2D eigenvalue weighted by Gasteiger charge is 2.28. The fourth-order valence-electron chi connectivity index (χ4n) is 3.53. The monoisotopic (exact) mass is 386 g/mol. The fourth-order valence-corrected chi connectivity index (χ4v) is 3.53. The van der Waals surface area contributed by atoms with Gasteiger partial charge in [-0.25, -0.2) is 4.68 Å². The smallest absolute Gasteiger partial charge is 0.223 e. The van der Waals surface area contributed by atoms with Gasteiger partial charge in [-0.2, -0.15) is 5.10 Å². The summed E-state index contributed by atoms with van der Waals surface area (Å²) in [5.74, 6) is -0.198. The van der Waals surface area contributed by atoms with Crippen molar-refractivity contribution in [1.29, 1.82) is 0 Å². The molecule has 0 fully saturated rings. The molecule has 2 aromatic carbocycles. The predicted octanol–water partition coefficient (Wildman–Crippen LogP) is 3.45. The molecule has 146 valence electrons. The zero-order valence-corrected chi connectivity index (χ0v) is 16.2. The molecule has 0 saturated carbocycles. The fraction of sp³-hybridized carbons (Fsp3) is 0.174. The molecule has 4 rings (SSSR count). The van der Waals surface area contributed by atoms with Crippen molar-refractivity contribution in [1.82, 2.24) is 20.0 Å². The lowest BCUT2D eigenvalue weighted by molar-refractivity contribution is -0.130. The molecular formula is C23H22N4O2. The summed E-state index contributed by atoms with van der Waals surface area (Å²) < 4.78 is 1.78. The molecule has 2 amide bonds. The van der Waals surface area contributed by atoms with Gasteiger partial charge in [0.25, 0.3) is 0 Å². The maximum atomic E-state index is 12.6. The zero-order valence-electron chi connectivity index (χ0n) is 16.2. The van der Waals surface area contributed by atoms with Crippen LogP contribution in [0.2, 0.25) is 0 Å². The summed E-state index contributed by atoms with van der Waals surface area (Å²) in [6, 6.07) is 17.3. The second-order valence-corrected chi connectivity index (χ2v) is 7.00. The number of amides is 2. The molecule has 0 aliphatic carbocycles. The Bertz CT molecular complexity index is 1060. The third kappa shape index (κ3) is 4.11. The number of hydrogen-bond donors (Lipinski definition) is 1. The first kappa shape index (κ1) is 18.7. The summed E-state index contributed by atoms with van der Waals surface area (Å²) in [6.07, 6.45) is 7.51. The molecule has 29 heavy (non-hydrogen) atoms. The first-order chi connectivity index (χ1) is 14.1. The molecule has 1 aliphatic rings. The van der Waals surface area contributed by atoms with Crippen molar-refractivity contribution in [2.45, 2.75) is 25.9 Å². The molecule has 0 spiro atoms. The summed E-state index contributed by atoms with van der Waals surface area (Å²) >= 11 is 0. The Morgan fingerprint density at radius 3 is 2.62 bits per heavy atom. The van der Waals surface area contributed by atoms with Crippen molar-refractivity contribution in [2.75, 3.05) is 0 Å². The third-order valence-corrected chi connectivity index (χ3v) is 4.99. The van der Waals surface area contributed by atoms with E-state index in [-0.39, 0.29) is 24.3 Å². The van der Waals surface area contributed by atoms with Crippen LogP contribution in [0.25, 0.3) is 11.8 Å². The number of benzene rings is 2. The van der Waals surface area contributed by atoms with Gasteiger partial charge in [0.15, 0.2) is 0 Å². The molecule has 1 unspecified atom stereocenters. The quantitative estimate of drug-likeness (QED) is 0.730. The predicted molar refractivity (Wildman–Crippen MR) is 111 cm³/mol. The lowest BCUT2D eigenvalue weighted by Gasteiger charge is -2.32. The molecule has 3 aromatic rings. The number of rotatable bonds is 5. The van der Waals surface area contributed by atoms with E-state index in [9.17, 15) is 9.59 Å². The standard InChI is InChI=1S/C23H22N4O2/c1-17(28)26-12-11-19-7-5-6-10-21(19)22(26)13-23(29)24-14-18-15-25-27(16-18)20-8-3-2-4-9-20/h2-12,15-16,22H,13-14H2,1H3,(H,24,29). The van der Waals surface area contributed by atoms with Gasteiger partial charge >= 0.3 is 0 Å². The summed E-state index contributed by atoms with van der Waals surface area (Å²) in [7, 11) is 0. The largest absolute Gasteiger partial charge is 0.352 e. The first-order valence-electron chi connectivity index (χ1n) is 9.53. The number of carbonyl (C=O) groups is 2. The van der Waals surface area contributed by atoms with Crippen LogP contribution in [0.4, 0.5) is 0 Å². The first-order valence-corrected chi connectivity index (χ1v) is 9.53. The maximum absolute atomic E-state index is 12.6. The Morgan fingerprint density at radius 2 is 1.83 bits per heavy atom. The second-order valence-electron chi connectivity index (χ2n) is 7.00. The van der Waals surface area contributed by atoms with E-state index >= 15 is 0 Å². The van der Waals surface area contributed by atoms with Crippen LogP contribution in [0.15, 0.2) is 73.2 Å². The van der Waals surface area contributed by atoms with Crippen molar-refractivity contribution < 1.29 is 9.59 Å². The average Bonchev–Trinajstić information content (AvgIpc) is 3.22. The average molecular weight is 386 g/mol. The number of nitrogens with one attached hydrogen (secondary N) is 1. The van der Waals surface area contributed by atoms with E-state index < -0.39 is 0 Å². The van der Waals surface area contributed by atoms with Crippen molar-refractivity contribution in [3.8, 4) is 5.69 Å². The molecule has 6 heteroatoms. The van der Waals surface area contributed by atoms with Crippen LogP contribution < -0.4 is 5.32 Å². The molecule has 0 saturated heterocycles. The highest BCUT2D eigenvalue weighted by molar-refractivity contribution is 5.81. The number of fused-ring (bicyclic) bond motifs is 1. The van der Waals surface area contributed by atoms with E-state index in [2.05, 4.69) is 10.4 Å². The van der Waals surface area contributed by atoms with E-state index in [0.29, 0.717) is 6.54 Å². The van der Waals surface area contributed by atoms with Crippen molar-refractivity contribution in [2.24, 2.45) is 0 Å². The SMILES string of the molecule is CC(=O)N1C=Cc2ccccc2C1CC(=O)NCc1cnn(-c2ccccc2)c1. The summed E-state index contributed by atoms with van der Waals surface area (Å²) in [5, 5.41) is 7.30. The van der Waals surface area contributed by atoms with Crippen LogP contribution in [0.5, 0.6) is 0 Å². The molecule has 2 heterocycles. The Kier molecular flexibility index (Phi) is 5.24. The normalized spacial score (nSPS) is 15.1. The van der Waals surface area contributed by atoms with Gasteiger partial charge in [-0.05, 0) is 29.3 Å². The molecular weight excluding hydrogens is 364 g/mol. The third-order valence-electron chi connectivity index (χ3n) is 4.99. The molecule has 6 nitrogen and oxygen atoms in total. The van der Waals surface area contributed by atoms with Gasteiger partial charge in [0, 0.05) is 31.4 Å². The topological polar surface area (TPSA) is 67.2 Å². The van der Waals surface area contributed by atoms with E-state index in [1.54, 1.807) is 22.0 Å². The minimum Gasteiger partial charge on any atom is -0.352 e. The highest BCUT2D eigenvalue weighted by Crippen LogP contribution is 2.32. The van der Waals surface area contributed by atoms with Crippen LogP contribution in [0, 0.1) is 0 Å². The van der Waals surface area contributed by atoms with Crippen molar-refractivity contribution >= 4 is 17.9 Å². The Hall–Kier alpha value is -3.67. The van der Waals surface area contributed by atoms with E-state index in [0.717, 1.165) is 22.4 Å². The molecule has 1 atom stereocenters. The van der Waals surface area contributed by atoms with Crippen LogP contribution in [-0.4, -0.2) is 26.5 Å². The number of nitrogens with zero attached hydrogens (tertiary/aromatic N) is 3. The Labute approximate surface area is 169 Å². The highest BCUT2D eigenvalue weighted by atomic mass is 16.2. The van der Waals surface area contributed by atoms with Gasteiger partial charge in [-0.1, -0.05) is 42.5 Å². The van der Waals surface area contributed by atoms with E-state index in [1.165, 1.54) is 6.92 Å². The minimum absolute atomic E-state index is 0.0855. The van der Waals surface area contributed by atoms with Gasteiger partial charge in [-0.3, -0.25) is 9.59 Å². The minimum atomic E-state index is -0.305. The Balaban J connectivity index is 1.42. The lowest BCUT2D eigenvalue weighted by Crippen LogP contribution is -2.35. The van der Waals surface area contributed by atoms with E-state index in [4.69, 9.17) is 0 Å². The molecule has 1 aromatic heterocycles. The number of hydrogen-bond acceptors (Lipinski definition) is 3. The molecule has 1 N–H and O–H groups in total. The van der Waals surface area contributed by atoms with Gasteiger partial charge in [0.05, 0.1) is 24.3 Å². The number of aromatic nitrogens is 2. The van der Waals surface area contributed by atoms with Crippen LogP contribution in [0.1, 0.15) is 36.1 Å². The molecule has 1 aliphatic heterocycles. The Morgan fingerprint density at radius 1 is 1.07 bits per heavy atom.